The molecule has 0 fully saturated rings. The molecule has 0 aliphatic rings. The van der Waals surface area contributed by atoms with E-state index in [9.17, 15) is 0 Å². The molecule has 0 atom stereocenters. The molecule has 0 saturated heterocycles. The molecule has 21 heavy (non-hydrogen) atoms. The first-order valence-corrected chi connectivity index (χ1v) is 6.79. The Bertz CT molecular complexity index is 135. The summed E-state index contributed by atoms with van der Waals surface area (Å²) in [4.78, 5) is 3.58. The van der Waals surface area contributed by atoms with Crippen LogP contribution in [0.1, 0.15) is 0 Å². The fraction of sp³-hybridized carbons (Fsp3) is 1.00. The Labute approximate surface area is 148 Å². The summed E-state index contributed by atoms with van der Waals surface area (Å²) >= 11 is 0. The van der Waals surface area contributed by atoms with Crippen molar-refractivity contribution in [1.29, 1.82) is 0 Å². The average Bonchev–Trinajstić information content (AvgIpc) is 2.41. The second-order valence-corrected chi connectivity index (χ2v) is 4.02. The van der Waals surface area contributed by atoms with Gasteiger partial charge in [0.15, 0.2) is 0 Å². The second-order valence-electron chi connectivity index (χ2n) is 4.02. The average molecular weight is 322 g/mol. The van der Waals surface area contributed by atoms with Crippen LogP contribution in [0, 0.1) is 0 Å². The first kappa shape index (κ1) is 26.6. The predicted octanol–water partition coefficient (Wildman–Crippen LogP) is -4.12. The third-order valence-corrected chi connectivity index (χ3v) is 2.50. The monoisotopic (exact) mass is 322 g/mol. The van der Waals surface area contributed by atoms with E-state index < -0.39 is 0 Å². The zero-order valence-electron chi connectivity index (χ0n) is 12.1. The molecule has 0 aliphatic carbocycles. The maximum absolute atomic E-state index is 8.48. The molecule has 0 amide bonds. The van der Waals surface area contributed by atoms with Gasteiger partial charge in [-0.15, -0.1) is 0 Å². The molecule has 0 radical (unpaired) electrons. The first-order chi connectivity index (χ1) is 9.69. The topological polar surface area (TPSA) is 128 Å². The van der Waals surface area contributed by atoms with E-state index in [-0.39, 0.29) is 69.2 Å². The van der Waals surface area contributed by atoms with E-state index in [0.29, 0.717) is 39.3 Å². The Hall–Kier alpha value is 0.680. The number of rotatable bonds is 12. The fourth-order valence-electron chi connectivity index (χ4n) is 1.52. The maximum atomic E-state index is 8.48. The third kappa shape index (κ3) is 20.7. The second kappa shape index (κ2) is 23.0. The van der Waals surface area contributed by atoms with Crippen LogP contribution in [0.3, 0.4) is 0 Å². The number of aliphatic hydroxyl groups excluding tert-OH is 6. The van der Waals surface area contributed by atoms with Crippen molar-refractivity contribution in [1.82, 2.24) is 9.80 Å². The van der Waals surface area contributed by atoms with Gasteiger partial charge >= 0.3 is 29.6 Å². The first-order valence-electron chi connectivity index (χ1n) is 6.79. The standard InChI is InChI=1S/2C6H15NO3.Na.H/c2*8-4-1-7(2-5-9)3-6-10;;/h2*8-10H,1-6H2;;. The minimum absolute atomic E-state index is 0. The summed E-state index contributed by atoms with van der Waals surface area (Å²) in [6.45, 7) is 3.51. The van der Waals surface area contributed by atoms with Gasteiger partial charge in [0, 0.05) is 39.3 Å². The van der Waals surface area contributed by atoms with Gasteiger partial charge in [0.05, 0.1) is 39.6 Å². The van der Waals surface area contributed by atoms with Gasteiger partial charge in [0.25, 0.3) is 0 Å². The van der Waals surface area contributed by atoms with E-state index in [1.54, 1.807) is 9.80 Å². The van der Waals surface area contributed by atoms with Crippen LogP contribution in [0.15, 0.2) is 0 Å². The molecule has 0 rings (SSSR count). The van der Waals surface area contributed by atoms with Crippen molar-refractivity contribution in [3.05, 3.63) is 0 Å². The summed E-state index contributed by atoms with van der Waals surface area (Å²) in [5.41, 5.74) is 0. The van der Waals surface area contributed by atoms with Crippen LogP contribution < -0.4 is 0 Å². The fourth-order valence-corrected chi connectivity index (χ4v) is 1.52. The predicted molar refractivity (Wildman–Crippen MR) is 82.5 cm³/mol. The van der Waals surface area contributed by atoms with Crippen molar-refractivity contribution < 1.29 is 30.6 Å². The summed E-state index contributed by atoms with van der Waals surface area (Å²) < 4.78 is 0. The van der Waals surface area contributed by atoms with Crippen molar-refractivity contribution in [2.24, 2.45) is 0 Å². The van der Waals surface area contributed by atoms with E-state index in [2.05, 4.69) is 0 Å². The molecule has 0 aromatic heterocycles. The number of nitrogens with zero attached hydrogens (tertiary/aromatic N) is 2. The Morgan fingerprint density at radius 2 is 0.524 bits per heavy atom. The Morgan fingerprint density at radius 3 is 0.619 bits per heavy atom. The molecule has 8 nitrogen and oxygen atoms in total. The quantitative estimate of drug-likeness (QED) is 0.200. The molecule has 0 saturated carbocycles. The van der Waals surface area contributed by atoms with Crippen LogP contribution in [0.4, 0.5) is 0 Å². The zero-order chi connectivity index (χ0) is 15.6. The van der Waals surface area contributed by atoms with Gasteiger partial charge in [-0.2, -0.15) is 0 Å². The van der Waals surface area contributed by atoms with Crippen molar-refractivity contribution in [2.45, 2.75) is 0 Å². The molecule has 0 spiro atoms. The summed E-state index contributed by atoms with van der Waals surface area (Å²) in [6, 6.07) is 0. The van der Waals surface area contributed by atoms with Crippen molar-refractivity contribution >= 4 is 29.6 Å². The SMILES string of the molecule is OCCN(CCO)CCO.OCCN(CCO)CCO.[NaH]. The van der Waals surface area contributed by atoms with Gasteiger partial charge in [0.2, 0.25) is 0 Å². The molecule has 0 heterocycles. The van der Waals surface area contributed by atoms with Gasteiger partial charge in [-0.05, 0) is 0 Å². The van der Waals surface area contributed by atoms with Gasteiger partial charge < -0.3 is 30.6 Å². The van der Waals surface area contributed by atoms with Crippen LogP contribution in [0.25, 0.3) is 0 Å². The summed E-state index contributed by atoms with van der Waals surface area (Å²) in [5.74, 6) is 0. The van der Waals surface area contributed by atoms with Gasteiger partial charge in [-0.3, -0.25) is 9.80 Å². The number of aliphatic hydroxyl groups is 6. The van der Waals surface area contributed by atoms with Crippen LogP contribution >= 0.6 is 0 Å². The molecular formula is C12H31N2NaO6. The summed E-state index contributed by atoms with van der Waals surface area (Å²) in [6.07, 6.45) is 0. The minimum atomic E-state index is 0. The zero-order valence-corrected chi connectivity index (χ0v) is 12.1. The van der Waals surface area contributed by atoms with E-state index in [0.717, 1.165) is 0 Å². The molecule has 9 heteroatoms. The van der Waals surface area contributed by atoms with Crippen molar-refractivity contribution in [3.63, 3.8) is 0 Å². The van der Waals surface area contributed by atoms with Crippen molar-refractivity contribution in [2.75, 3.05) is 78.9 Å². The van der Waals surface area contributed by atoms with E-state index in [1.165, 1.54) is 0 Å². The van der Waals surface area contributed by atoms with E-state index >= 15 is 0 Å². The number of hydrogen-bond donors (Lipinski definition) is 6. The van der Waals surface area contributed by atoms with Crippen molar-refractivity contribution in [3.8, 4) is 0 Å². The molecule has 0 bridgehead atoms. The molecule has 0 aromatic rings. The number of hydrogen-bond acceptors (Lipinski definition) is 8. The molecule has 0 aromatic carbocycles. The van der Waals surface area contributed by atoms with Crippen LogP contribution in [-0.2, 0) is 0 Å². The van der Waals surface area contributed by atoms with Crippen LogP contribution in [0.5, 0.6) is 0 Å². The molecular weight excluding hydrogens is 291 g/mol. The third-order valence-electron chi connectivity index (χ3n) is 2.50. The van der Waals surface area contributed by atoms with Gasteiger partial charge in [0.1, 0.15) is 0 Å². The van der Waals surface area contributed by atoms with Gasteiger partial charge in [-0.1, -0.05) is 0 Å². The normalized spacial score (nSPS) is 10.3. The molecule has 0 aliphatic heterocycles. The Morgan fingerprint density at radius 1 is 0.381 bits per heavy atom. The van der Waals surface area contributed by atoms with Gasteiger partial charge in [-0.25, -0.2) is 0 Å². The molecule has 0 unspecified atom stereocenters. The van der Waals surface area contributed by atoms with E-state index in [4.69, 9.17) is 30.6 Å². The van der Waals surface area contributed by atoms with E-state index in [1.807, 2.05) is 0 Å². The van der Waals surface area contributed by atoms with Crippen LogP contribution in [-0.4, -0.2) is 149 Å². The molecule has 6 N–H and O–H groups in total. The summed E-state index contributed by atoms with van der Waals surface area (Å²) in [7, 11) is 0. The Balaban J connectivity index is -0.000000295. The molecule has 126 valence electrons. The van der Waals surface area contributed by atoms with Crippen LogP contribution in [0.2, 0.25) is 0 Å². The Kier molecular flexibility index (Phi) is 29.0. The summed E-state index contributed by atoms with van der Waals surface area (Å²) in [5, 5.41) is 50.9.